The minimum atomic E-state index is -3.32. The van der Waals surface area contributed by atoms with Crippen LogP contribution in [0, 0.1) is 18.8 Å². The van der Waals surface area contributed by atoms with Crippen LogP contribution in [0.4, 0.5) is 0 Å². The molecule has 1 saturated carbocycles. The van der Waals surface area contributed by atoms with Gasteiger partial charge in [0.25, 0.3) is 0 Å². The molecule has 1 fully saturated rings. The summed E-state index contributed by atoms with van der Waals surface area (Å²) in [4.78, 5) is 0. The van der Waals surface area contributed by atoms with E-state index >= 15 is 0 Å². The van der Waals surface area contributed by atoms with Crippen LogP contribution < -0.4 is 4.72 Å². The second kappa shape index (κ2) is 4.99. The van der Waals surface area contributed by atoms with E-state index in [2.05, 4.69) is 27.6 Å². The van der Waals surface area contributed by atoms with Crippen molar-refractivity contribution >= 4 is 37.3 Å². The van der Waals surface area contributed by atoms with Gasteiger partial charge in [0, 0.05) is 6.54 Å². The molecule has 17 heavy (non-hydrogen) atoms. The summed E-state index contributed by atoms with van der Waals surface area (Å²) < 4.78 is 28.0. The predicted octanol–water partition coefficient (Wildman–Crippen LogP) is 3.14. The summed E-state index contributed by atoms with van der Waals surface area (Å²) in [5.41, 5.74) is 0.964. The first-order valence-electron chi connectivity index (χ1n) is 5.66. The van der Waals surface area contributed by atoms with Crippen LogP contribution in [-0.2, 0) is 10.0 Å². The van der Waals surface area contributed by atoms with Crippen molar-refractivity contribution < 1.29 is 8.42 Å². The van der Waals surface area contributed by atoms with Crippen molar-refractivity contribution in [2.75, 3.05) is 6.54 Å². The smallest absolute Gasteiger partial charge is 0.210 e. The van der Waals surface area contributed by atoms with Crippen molar-refractivity contribution in [2.24, 2.45) is 11.8 Å². The number of rotatable bonds is 5. The molecule has 0 saturated heterocycles. The topological polar surface area (TPSA) is 46.2 Å². The van der Waals surface area contributed by atoms with Gasteiger partial charge in [-0.15, -0.1) is 11.3 Å². The molecule has 1 heterocycles. The Hall–Kier alpha value is 0.0900. The van der Waals surface area contributed by atoms with Crippen molar-refractivity contribution in [3.8, 4) is 0 Å². The number of sulfonamides is 1. The van der Waals surface area contributed by atoms with Gasteiger partial charge in [-0.05, 0) is 59.2 Å². The highest BCUT2D eigenvalue weighted by molar-refractivity contribution is 9.11. The van der Waals surface area contributed by atoms with Crippen molar-refractivity contribution in [1.29, 1.82) is 0 Å². The summed E-state index contributed by atoms with van der Waals surface area (Å²) >= 11 is 4.61. The van der Waals surface area contributed by atoms with E-state index in [0.29, 0.717) is 16.7 Å². The standard InChI is InChI=1S/C11H16BrNO2S2/c1-7-5-10(16-11(7)12)17(14,15)13-6-8(2)9-3-4-9/h5,8-9,13H,3-4,6H2,1-2H3. The molecule has 1 N–H and O–H groups in total. The van der Waals surface area contributed by atoms with Gasteiger partial charge in [-0.25, -0.2) is 13.1 Å². The maximum absolute atomic E-state index is 12.0. The fourth-order valence-electron chi connectivity index (χ4n) is 1.71. The fourth-order valence-corrected chi connectivity index (χ4v) is 5.12. The lowest BCUT2D eigenvalue weighted by Crippen LogP contribution is -2.28. The Bertz CT molecular complexity index is 486. The highest BCUT2D eigenvalue weighted by Crippen LogP contribution is 2.36. The Morgan fingerprint density at radius 1 is 1.59 bits per heavy atom. The van der Waals surface area contributed by atoms with Crippen molar-refractivity contribution in [3.05, 3.63) is 15.4 Å². The summed E-state index contributed by atoms with van der Waals surface area (Å²) in [5.74, 6) is 1.16. The van der Waals surface area contributed by atoms with Gasteiger partial charge in [-0.1, -0.05) is 6.92 Å². The Balaban J connectivity index is 2.02. The highest BCUT2D eigenvalue weighted by atomic mass is 79.9. The van der Waals surface area contributed by atoms with Crippen LogP contribution >= 0.6 is 27.3 Å². The lowest BCUT2D eigenvalue weighted by atomic mass is 10.1. The van der Waals surface area contributed by atoms with E-state index in [0.717, 1.165) is 15.3 Å². The minimum absolute atomic E-state index is 0.393. The van der Waals surface area contributed by atoms with E-state index in [9.17, 15) is 8.42 Å². The number of aryl methyl sites for hydroxylation is 1. The van der Waals surface area contributed by atoms with Crippen LogP contribution in [0.15, 0.2) is 14.1 Å². The van der Waals surface area contributed by atoms with Crippen LogP contribution in [0.5, 0.6) is 0 Å². The zero-order valence-electron chi connectivity index (χ0n) is 9.86. The molecule has 1 aromatic rings. The molecular formula is C11H16BrNO2S2. The van der Waals surface area contributed by atoms with Gasteiger partial charge in [0.15, 0.2) is 0 Å². The number of hydrogen-bond donors (Lipinski definition) is 1. The van der Waals surface area contributed by atoms with Gasteiger partial charge in [-0.3, -0.25) is 0 Å². The molecule has 1 aromatic heterocycles. The average Bonchev–Trinajstić information content (AvgIpc) is 3.04. The third-order valence-corrected chi connectivity index (χ3v) is 7.16. The van der Waals surface area contributed by atoms with E-state index in [-0.39, 0.29) is 0 Å². The van der Waals surface area contributed by atoms with Crippen LogP contribution in [0.3, 0.4) is 0 Å². The Kier molecular flexibility index (Phi) is 3.97. The maximum atomic E-state index is 12.0. The molecule has 96 valence electrons. The Labute approximate surface area is 115 Å². The molecule has 1 aliphatic rings. The zero-order valence-corrected chi connectivity index (χ0v) is 13.1. The highest BCUT2D eigenvalue weighted by Gasteiger charge is 2.29. The lowest BCUT2D eigenvalue weighted by Gasteiger charge is -2.10. The van der Waals surface area contributed by atoms with Gasteiger partial charge in [-0.2, -0.15) is 0 Å². The van der Waals surface area contributed by atoms with Crippen molar-refractivity contribution in [2.45, 2.75) is 30.9 Å². The number of nitrogens with one attached hydrogen (secondary N) is 1. The first-order chi connectivity index (χ1) is 7.90. The normalized spacial score (nSPS) is 18.3. The number of halogens is 1. The molecule has 0 radical (unpaired) electrons. The molecule has 0 aliphatic heterocycles. The van der Waals surface area contributed by atoms with Gasteiger partial charge >= 0.3 is 0 Å². The van der Waals surface area contributed by atoms with Crippen LogP contribution in [0.25, 0.3) is 0 Å². The molecular weight excluding hydrogens is 322 g/mol. The summed E-state index contributed by atoms with van der Waals surface area (Å²) in [6.45, 7) is 4.55. The van der Waals surface area contributed by atoms with Crippen molar-refractivity contribution in [1.82, 2.24) is 4.72 Å². The first-order valence-corrected chi connectivity index (χ1v) is 8.75. The van der Waals surface area contributed by atoms with Crippen LogP contribution in [0.2, 0.25) is 0 Å². The van der Waals surface area contributed by atoms with E-state index in [1.807, 2.05) is 6.92 Å². The summed E-state index contributed by atoms with van der Waals surface area (Å²) in [7, 11) is -3.32. The molecule has 0 aromatic carbocycles. The molecule has 0 amide bonds. The second-order valence-corrected chi connectivity index (χ2v) is 9.05. The minimum Gasteiger partial charge on any atom is -0.210 e. The lowest BCUT2D eigenvalue weighted by molar-refractivity contribution is 0.492. The van der Waals surface area contributed by atoms with Gasteiger partial charge in [0.05, 0.1) is 3.79 Å². The molecule has 0 bridgehead atoms. The second-order valence-electron chi connectivity index (χ2n) is 4.69. The predicted molar refractivity (Wildman–Crippen MR) is 73.8 cm³/mol. The number of thiophene rings is 1. The monoisotopic (exact) mass is 337 g/mol. The molecule has 0 spiro atoms. The van der Waals surface area contributed by atoms with E-state index in [1.165, 1.54) is 24.2 Å². The summed E-state index contributed by atoms with van der Waals surface area (Å²) in [6, 6.07) is 1.71. The van der Waals surface area contributed by atoms with E-state index in [1.54, 1.807) is 6.07 Å². The van der Waals surface area contributed by atoms with E-state index < -0.39 is 10.0 Å². The van der Waals surface area contributed by atoms with Gasteiger partial charge < -0.3 is 0 Å². The molecule has 2 rings (SSSR count). The zero-order chi connectivity index (χ0) is 12.6. The van der Waals surface area contributed by atoms with Crippen LogP contribution in [-0.4, -0.2) is 15.0 Å². The molecule has 1 aliphatic carbocycles. The van der Waals surface area contributed by atoms with Gasteiger partial charge in [0.2, 0.25) is 10.0 Å². The average molecular weight is 338 g/mol. The SMILES string of the molecule is Cc1cc(S(=O)(=O)NCC(C)C2CC2)sc1Br. The molecule has 1 atom stereocenters. The summed E-state index contributed by atoms with van der Waals surface area (Å²) in [6.07, 6.45) is 2.49. The first kappa shape index (κ1) is 13.5. The van der Waals surface area contributed by atoms with Crippen LogP contribution in [0.1, 0.15) is 25.3 Å². The third kappa shape index (κ3) is 3.30. The summed E-state index contributed by atoms with van der Waals surface area (Å²) in [5, 5.41) is 0. The largest absolute Gasteiger partial charge is 0.250 e. The quantitative estimate of drug-likeness (QED) is 0.896. The number of hydrogen-bond acceptors (Lipinski definition) is 3. The molecule has 6 heteroatoms. The van der Waals surface area contributed by atoms with Gasteiger partial charge in [0.1, 0.15) is 4.21 Å². The Morgan fingerprint density at radius 3 is 2.71 bits per heavy atom. The van der Waals surface area contributed by atoms with E-state index in [4.69, 9.17) is 0 Å². The molecule has 1 unspecified atom stereocenters. The maximum Gasteiger partial charge on any atom is 0.250 e. The Morgan fingerprint density at radius 2 is 2.24 bits per heavy atom. The third-order valence-electron chi connectivity index (χ3n) is 3.12. The fraction of sp³-hybridized carbons (Fsp3) is 0.636. The van der Waals surface area contributed by atoms with Crippen molar-refractivity contribution in [3.63, 3.8) is 0 Å². The molecule has 3 nitrogen and oxygen atoms in total.